The molecule has 0 bridgehead atoms. The van der Waals surface area contributed by atoms with Gasteiger partial charge in [0.2, 0.25) is 0 Å². The van der Waals surface area contributed by atoms with Gasteiger partial charge in [-0.2, -0.15) is 0 Å². The predicted octanol–water partition coefficient (Wildman–Crippen LogP) is 3.84. The van der Waals surface area contributed by atoms with Crippen LogP contribution in [0.1, 0.15) is 51.2 Å². The van der Waals surface area contributed by atoms with Gasteiger partial charge in [0, 0.05) is 18.1 Å². The quantitative estimate of drug-likeness (QED) is 0.771. The highest BCUT2D eigenvalue weighted by molar-refractivity contribution is 5.38. The average Bonchev–Trinajstić information content (AvgIpc) is 2.34. The number of benzene rings is 1. The zero-order valence-corrected chi connectivity index (χ0v) is 11.5. The van der Waals surface area contributed by atoms with Gasteiger partial charge in [-0.05, 0) is 43.2 Å². The summed E-state index contributed by atoms with van der Waals surface area (Å²) in [5.41, 5.74) is 0.421. The van der Waals surface area contributed by atoms with E-state index in [-0.39, 0.29) is 11.4 Å². The second kappa shape index (κ2) is 4.48. The lowest BCUT2D eigenvalue weighted by Crippen LogP contribution is -2.46. The van der Waals surface area contributed by atoms with Crippen LogP contribution in [0.2, 0.25) is 0 Å². The van der Waals surface area contributed by atoms with Gasteiger partial charge < -0.3 is 9.84 Å². The highest BCUT2D eigenvalue weighted by Gasteiger charge is 2.44. The molecule has 1 N–H and O–H groups in total. The lowest BCUT2D eigenvalue weighted by molar-refractivity contribution is -0.0603. The van der Waals surface area contributed by atoms with Crippen molar-refractivity contribution in [2.75, 3.05) is 0 Å². The van der Waals surface area contributed by atoms with Gasteiger partial charge in [-0.25, -0.2) is 4.39 Å². The number of ether oxygens (including phenoxy) is 1. The number of hydrogen-bond donors (Lipinski definition) is 1. The van der Waals surface area contributed by atoms with Crippen LogP contribution in [0.4, 0.5) is 4.39 Å². The van der Waals surface area contributed by atoms with Gasteiger partial charge in [-0.15, -0.1) is 0 Å². The molecule has 0 amide bonds. The van der Waals surface area contributed by atoms with E-state index >= 15 is 0 Å². The van der Waals surface area contributed by atoms with Crippen LogP contribution in [0.25, 0.3) is 0 Å². The van der Waals surface area contributed by atoms with Crippen molar-refractivity contribution in [2.24, 2.45) is 11.8 Å². The summed E-state index contributed by atoms with van der Waals surface area (Å²) >= 11 is 0. The van der Waals surface area contributed by atoms with E-state index < -0.39 is 6.10 Å². The SMILES string of the molecule is CC1CCC2(CC1C)C[C@@H](O)c1ccc(F)cc1O2. The predicted molar refractivity (Wildman–Crippen MR) is 71.5 cm³/mol. The Morgan fingerprint density at radius 3 is 2.79 bits per heavy atom. The van der Waals surface area contributed by atoms with E-state index in [1.165, 1.54) is 12.1 Å². The van der Waals surface area contributed by atoms with Gasteiger partial charge in [0.15, 0.2) is 0 Å². The van der Waals surface area contributed by atoms with Crippen LogP contribution in [-0.2, 0) is 0 Å². The molecule has 0 aromatic heterocycles. The van der Waals surface area contributed by atoms with E-state index in [0.29, 0.717) is 24.0 Å². The molecule has 1 aromatic carbocycles. The van der Waals surface area contributed by atoms with Gasteiger partial charge >= 0.3 is 0 Å². The summed E-state index contributed by atoms with van der Waals surface area (Å²) < 4.78 is 19.5. The fourth-order valence-electron chi connectivity index (χ4n) is 3.55. The van der Waals surface area contributed by atoms with Gasteiger partial charge in [-0.3, -0.25) is 0 Å². The summed E-state index contributed by atoms with van der Waals surface area (Å²) in [6.07, 6.45) is 3.10. The normalized spacial score (nSPS) is 37.8. The van der Waals surface area contributed by atoms with Crippen molar-refractivity contribution in [3.8, 4) is 5.75 Å². The van der Waals surface area contributed by atoms with Gasteiger partial charge in [0.25, 0.3) is 0 Å². The largest absolute Gasteiger partial charge is 0.487 e. The van der Waals surface area contributed by atoms with Crippen LogP contribution in [0.3, 0.4) is 0 Å². The van der Waals surface area contributed by atoms with Crippen LogP contribution in [0.5, 0.6) is 5.75 Å². The third kappa shape index (κ3) is 2.25. The number of rotatable bonds is 0. The molecule has 1 aliphatic heterocycles. The third-order valence-electron chi connectivity index (χ3n) is 4.95. The van der Waals surface area contributed by atoms with Crippen molar-refractivity contribution in [2.45, 2.75) is 51.2 Å². The maximum absolute atomic E-state index is 13.4. The van der Waals surface area contributed by atoms with Crippen molar-refractivity contribution < 1.29 is 14.2 Å². The average molecular weight is 264 g/mol. The molecular formula is C16H21FO2. The second-order valence-corrected chi connectivity index (χ2v) is 6.38. The van der Waals surface area contributed by atoms with Crippen LogP contribution >= 0.6 is 0 Å². The molecule has 1 spiro atoms. The first-order valence-corrected chi connectivity index (χ1v) is 7.16. The van der Waals surface area contributed by atoms with Crippen LogP contribution in [0.15, 0.2) is 18.2 Å². The summed E-state index contributed by atoms with van der Waals surface area (Å²) in [6, 6.07) is 4.42. The molecule has 0 radical (unpaired) electrons. The first-order chi connectivity index (χ1) is 8.99. The molecule has 2 nitrogen and oxygen atoms in total. The minimum Gasteiger partial charge on any atom is -0.487 e. The highest BCUT2D eigenvalue weighted by atomic mass is 19.1. The molecule has 1 heterocycles. The number of halogens is 1. The monoisotopic (exact) mass is 264 g/mol. The lowest BCUT2D eigenvalue weighted by atomic mass is 9.69. The van der Waals surface area contributed by atoms with E-state index in [9.17, 15) is 9.50 Å². The first-order valence-electron chi connectivity index (χ1n) is 7.16. The maximum Gasteiger partial charge on any atom is 0.128 e. The van der Waals surface area contributed by atoms with Crippen LogP contribution < -0.4 is 4.74 Å². The molecule has 1 aromatic rings. The first kappa shape index (κ1) is 12.9. The summed E-state index contributed by atoms with van der Waals surface area (Å²) in [6.45, 7) is 4.51. The Morgan fingerprint density at radius 2 is 2.05 bits per heavy atom. The second-order valence-electron chi connectivity index (χ2n) is 6.38. The van der Waals surface area contributed by atoms with E-state index in [0.717, 1.165) is 24.8 Å². The summed E-state index contributed by atoms with van der Waals surface area (Å²) in [5, 5.41) is 10.3. The molecule has 19 heavy (non-hydrogen) atoms. The third-order valence-corrected chi connectivity index (χ3v) is 4.95. The minimum atomic E-state index is -0.537. The Kier molecular flexibility index (Phi) is 3.05. The molecule has 3 heteroatoms. The molecule has 3 rings (SSSR count). The van der Waals surface area contributed by atoms with Crippen molar-refractivity contribution >= 4 is 0 Å². The fourth-order valence-corrected chi connectivity index (χ4v) is 3.55. The van der Waals surface area contributed by atoms with Crippen LogP contribution in [0, 0.1) is 17.7 Å². The zero-order chi connectivity index (χ0) is 13.6. The molecule has 0 saturated heterocycles. The van der Waals surface area contributed by atoms with Gasteiger partial charge in [0.1, 0.15) is 17.2 Å². The Balaban J connectivity index is 1.91. The van der Waals surface area contributed by atoms with Crippen molar-refractivity contribution in [3.05, 3.63) is 29.6 Å². The number of fused-ring (bicyclic) bond motifs is 1. The highest BCUT2D eigenvalue weighted by Crippen LogP contribution is 2.48. The van der Waals surface area contributed by atoms with E-state index in [1.807, 2.05) is 0 Å². The van der Waals surface area contributed by atoms with Crippen molar-refractivity contribution in [1.82, 2.24) is 0 Å². The Hall–Kier alpha value is -1.09. The smallest absolute Gasteiger partial charge is 0.128 e. The molecule has 3 unspecified atom stereocenters. The molecule has 2 aliphatic rings. The van der Waals surface area contributed by atoms with E-state index in [2.05, 4.69) is 13.8 Å². The van der Waals surface area contributed by atoms with Gasteiger partial charge in [-0.1, -0.05) is 13.8 Å². The summed E-state index contributed by atoms with van der Waals surface area (Å²) in [5.74, 6) is 1.50. The lowest BCUT2D eigenvalue weighted by Gasteiger charge is -2.46. The van der Waals surface area contributed by atoms with Gasteiger partial charge in [0.05, 0.1) is 6.10 Å². The topological polar surface area (TPSA) is 29.5 Å². The number of aliphatic hydroxyl groups is 1. The molecular weight excluding hydrogens is 243 g/mol. The Labute approximate surface area is 113 Å². The summed E-state index contributed by atoms with van der Waals surface area (Å²) in [4.78, 5) is 0. The maximum atomic E-state index is 13.4. The Morgan fingerprint density at radius 1 is 1.26 bits per heavy atom. The van der Waals surface area contributed by atoms with Crippen molar-refractivity contribution in [3.63, 3.8) is 0 Å². The van der Waals surface area contributed by atoms with E-state index in [4.69, 9.17) is 4.74 Å². The number of hydrogen-bond acceptors (Lipinski definition) is 2. The Bertz CT molecular complexity index is 488. The van der Waals surface area contributed by atoms with Crippen molar-refractivity contribution in [1.29, 1.82) is 0 Å². The minimum absolute atomic E-state index is 0.299. The summed E-state index contributed by atoms with van der Waals surface area (Å²) in [7, 11) is 0. The molecule has 1 aliphatic carbocycles. The fraction of sp³-hybridized carbons (Fsp3) is 0.625. The zero-order valence-electron chi connectivity index (χ0n) is 11.5. The molecule has 4 atom stereocenters. The molecule has 104 valence electrons. The molecule has 1 saturated carbocycles. The van der Waals surface area contributed by atoms with E-state index in [1.54, 1.807) is 6.07 Å². The number of aliphatic hydroxyl groups excluding tert-OH is 1. The van der Waals surface area contributed by atoms with Crippen LogP contribution in [-0.4, -0.2) is 10.7 Å². The standard InChI is InChI=1S/C16H21FO2/c1-10-5-6-16(8-11(10)2)9-14(18)13-4-3-12(17)7-15(13)19-16/h3-4,7,10-11,14,18H,5-6,8-9H2,1-2H3/t10?,11?,14-,16?/m1/s1. The molecule has 1 fully saturated rings.